The van der Waals surface area contributed by atoms with E-state index in [0.717, 1.165) is 38.1 Å². The van der Waals surface area contributed by atoms with Crippen LogP contribution in [0.3, 0.4) is 0 Å². The number of aryl methyl sites for hydroxylation is 3. The Balaban J connectivity index is 0.000000555. The lowest BCUT2D eigenvalue weighted by Crippen LogP contribution is -2.48. The fourth-order valence-electron chi connectivity index (χ4n) is 4.18. The first kappa shape index (κ1) is 25.0. The van der Waals surface area contributed by atoms with E-state index in [2.05, 4.69) is 78.8 Å². The quantitative estimate of drug-likeness (QED) is 0.276. The number of halogens is 4. The molecule has 0 radical (unpaired) electrons. The summed E-state index contributed by atoms with van der Waals surface area (Å²) in [7, 11) is -6.00. The van der Waals surface area contributed by atoms with Crippen LogP contribution < -0.4 is 4.57 Å². The molecule has 1 aliphatic rings. The molecule has 0 saturated heterocycles. The zero-order chi connectivity index (χ0) is 24.0. The number of aromatic nitrogens is 3. The fourth-order valence-corrected chi connectivity index (χ4v) is 4.18. The van der Waals surface area contributed by atoms with Crippen molar-refractivity contribution in [2.24, 2.45) is 0 Å². The highest BCUT2D eigenvalue weighted by molar-refractivity contribution is 6.50. The summed E-state index contributed by atoms with van der Waals surface area (Å²) < 4.78 is 49.3. The molecular formula is C24H30BF4N3O. The van der Waals surface area contributed by atoms with Gasteiger partial charge < -0.3 is 22.0 Å². The Kier molecular flexibility index (Phi) is 8.29. The van der Waals surface area contributed by atoms with Gasteiger partial charge in [-0.25, -0.2) is 4.57 Å². The molecule has 0 saturated carbocycles. The van der Waals surface area contributed by atoms with E-state index in [1.54, 1.807) is 0 Å². The molecule has 0 amide bonds. The van der Waals surface area contributed by atoms with Crippen molar-refractivity contribution in [1.29, 1.82) is 0 Å². The van der Waals surface area contributed by atoms with Gasteiger partial charge in [0, 0.05) is 11.5 Å². The Morgan fingerprint density at radius 1 is 0.970 bits per heavy atom. The van der Waals surface area contributed by atoms with Gasteiger partial charge in [-0.2, -0.15) is 0 Å². The van der Waals surface area contributed by atoms with Crippen molar-refractivity contribution >= 4 is 7.25 Å². The van der Waals surface area contributed by atoms with E-state index in [0.29, 0.717) is 6.61 Å². The molecule has 4 rings (SSSR count). The van der Waals surface area contributed by atoms with Gasteiger partial charge in [0.25, 0.3) is 0 Å². The van der Waals surface area contributed by atoms with Gasteiger partial charge in [0.05, 0.1) is 6.61 Å². The van der Waals surface area contributed by atoms with E-state index >= 15 is 0 Å². The topological polar surface area (TPSA) is 30.9 Å². The number of fused-ring (bicyclic) bond motifs is 1. The first-order chi connectivity index (χ1) is 15.7. The Hall–Kier alpha value is -2.68. The minimum Gasteiger partial charge on any atom is -0.418 e. The molecule has 1 aliphatic heterocycles. The summed E-state index contributed by atoms with van der Waals surface area (Å²) in [4.78, 5) is 0. The molecule has 0 N–H and O–H groups in total. The van der Waals surface area contributed by atoms with Gasteiger partial charge in [-0.1, -0.05) is 67.9 Å². The van der Waals surface area contributed by atoms with E-state index in [9.17, 15) is 17.3 Å². The minimum atomic E-state index is -6.00. The SMILES string of the molecule is CCc1cc(CC)c(-n2c[n+]3c(n2)COC[C@H]3Cc2ccccc2)c(CC)c1.F[B-](F)(F)F. The van der Waals surface area contributed by atoms with Gasteiger partial charge in [0.2, 0.25) is 6.33 Å². The predicted octanol–water partition coefficient (Wildman–Crippen LogP) is 5.46. The minimum absolute atomic E-state index is 0.282. The highest BCUT2D eigenvalue weighted by atomic mass is 19.5. The molecule has 0 aliphatic carbocycles. The Morgan fingerprint density at radius 3 is 2.12 bits per heavy atom. The van der Waals surface area contributed by atoms with Gasteiger partial charge in [-0.15, -0.1) is 0 Å². The molecule has 9 heteroatoms. The van der Waals surface area contributed by atoms with Crippen molar-refractivity contribution in [3.8, 4) is 5.69 Å². The molecule has 0 bridgehead atoms. The van der Waals surface area contributed by atoms with E-state index in [-0.39, 0.29) is 6.04 Å². The maximum atomic E-state index is 9.75. The molecule has 3 aromatic rings. The second kappa shape index (κ2) is 11.0. The lowest BCUT2D eigenvalue weighted by Gasteiger charge is -2.19. The van der Waals surface area contributed by atoms with E-state index in [1.165, 1.54) is 27.9 Å². The third-order valence-electron chi connectivity index (χ3n) is 5.73. The molecule has 1 aromatic heterocycles. The van der Waals surface area contributed by atoms with E-state index in [1.807, 2.05) is 0 Å². The Bertz CT molecular complexity index is 1020. The van der Waals surface area contributed by atoms with Crippen molar-refractivity contribution in [1.82, 2.24) is 9.78 Å². The van der Waals surface area contributed by atoms with Crippen molar-refractivity contribution in [2.75, 3.05) is 6.61 Å². The fraction of sp³-hybridized carbons (Fsp3) is 0.417. The van der Waals surface area contributed by atoms with Crippen LogP contribution in [0.1, 0.15) is 54.9 Å². The normalized spacial score (nSPS) is 15.5. The number of rotatable bonds is 6. The molecule has 178 valence electrons. The summed E-state index contributed by atoms with van der Waals surface area (Å²) >= 11 is 0. The van der Waals surface area contributed by atoms with E-state index < -0.39 is 7.25 Å². The number of benzene rings is 2. The van der Waals surface area contributed by atoms with Crippen molar-refractivity contribution in [3.05, 3.63) is 76.9 Å². The van der Waals surface area contributed by atoms with Gasteiger partial charge in [-0.3, -0.25) is 0 Å². The van der Waals surface area contributed by atoms with Crippen LogP contribution in [-0.2, 0) is 37.0 Å². The smallest absolute Gasteiger partial charge is 0.418 e. The zero-order valence-corrected chi connectivity index (χ0v) is 19.3. The summed E-state index contributed by atoms with van der Waals surface area (Å²) in [5.41, 5.74) is 6.74. The Labute approximate surface area is 192 Å². The van der Waals surface area contributed by atoms with Gasteiger partial charge in [0.1, 0.15) is 18.3 Å². The predicted molar refractivity (Wildman–Crippen MR) is 121 cm³/mol. The summed E-state index contributed by atoms with van der Waals surface area (Å²) in [5.74, 6) is 1.01. The molecule has 33 heavy (non-hydrogen) atoms. The maximum absolute atomic E-state index is 9.75. The van der Waals surface area contributed by atoms with Crippen LogP contribution in [0.15, 0.2) is 48.8 Å². The summed E-state index contributed by atoms with van der Waals surface area (Å²) in [6, 6.07) is 15.6. The number of ether oxygens (including phenoxy) is 1. The van der Waals surface area contributed by atoms with Crippen LogP contribution >= 0.6 is 0 Å². The maximum Gasteiger partial charge on any atom is 0.673 e. The standard InChI is InChI=1S/C24H30N3O.BF4/c1-4-18-12-20(5-2)24(21(6-3)13-18)27-17-26-22(15-28-16-23(26)25-27)14-19-10-8-7-9-11-19;2-1(3,4)5/h7-13,17,22H,4-6,14-16H2,1-3H3;/q+1;-1/t22-;/m1./s1. The van der Waals surface area contributed by atoms with Crippen molar-refractivity contribution < 1.29 is 26.6 Å². The van der Waals surface area contributed by atoms with E-state index in [4.69, 9.17) is 9.84 Å². The molecule has 0 spiro atoms. The highest BCUT2D eigenvalue weighted by Gasteiger charge is 2.31. The average Bonchev–Trinajstić information content (AvgIpc) is 3.22. The lowest BCUT2D eigenvalue weighted by atomic mass is 9.98. The summed E-state index contributed by atoms with van der Waals surface area (Å²) in [5, 5.41) is 4.94. The molecule has 0 unspecified atom stereocenters. The number of nitrogens with zero attached hydrogens (tertiary/aromatic N) is 3. The highest BCUT2D eigenvalue weighted by Crippen LogP contribution is 2.24. The van der Waals surface area contributed by atoms with Crippen LogP contribution in [0.4, 0.5) is 17.3 Å². The summed E-state index contributed by atoms with van der Waals surface area (Å²) in [6.45, 7) is 8.00. The first-order valence-corrected chi connectivity index (χ1v) is 11.4. The monoisotopic (exact) mass is 463 g/mol. The number of hydrogen-bond donors (Lipinski definition) is 0. The Morgan fingerprint density at radius 2 is 1.58 bits per heavy atom. The van der Waals surface area contributed by atoms with Crippen LogP contribution in [0.25, 0.3) is 5.69 Å². The molecular weight excluding hydrogens is 433 g/mol. The second-order valence-electron chi connectivity index (χ2n) is 8.06. The van der Waals surface area contributed by atoms with Gasteiger partial charge in [0.15, 0.2) is 0 Å². The van der Waals surface area contributed by atoms with Crippen molar-refractivity contribution in [3.63, 3.8) is 0 Å². The largest absolute Gasteiger partial charge is 0.673 e. The van der Waals surface area contributed by atoms with Crippen LogP contribution in [0, 0.1) is 0 Å². The average molecular weight is 463 g/mol. The lowest BCUT2D eigenvalue weighted by molar-refractivity contribution is -0.742. The molecule has 2 heterocycles. The zero-order valence-electron chi connectivity index (χ0n) is 19.3. The van der Waals surface area contributed by atoms with Gasteiger partial charge in [-0.05, 0) is 41.5 Å². The van der Waals surface area contributed by atoms with Crippen LogP contribution in [0.5, 0.6) is 0 Å². The molecule has 2 aromatic carbocycles. The number of hydrogen-bond acceptors (Lipinski definition) is 2. The van der Waals surface area contributed by atoms with Crippen LogP contribution in [0.2, 0.25) is 0 Å². The van der Waals surface area contributed by atoms with Crippen molar-refractivity contribution in [2.45, 2.75) is 59.1 Å². The third-order valence-corrected chi connectivity index (χ3v) is 5.73. The molecule has 0 fully saturated rings. The second-order valence-corrected chi connectivity index (χ2v) is 8.06. The summed E-state index contributed by atoms with van der Waals surface area (Å²) in [6.07, 6.45) is 6.23. The first-order valence-electron chi connectivity index (χ1n) is 11.4. The van der Waals surface area contributed by atoms with Gasteiger partial charge >= 0.3 is 13.1 Å². The molecule has 1 atom stereocenters. The molecule has 4 nitrogen and oxygen atoms in total. The third kappa shape index (κ3) is 6.66. The van der Waals surface area contributed by atoms with Crippen LogP contribution in [-0.4, -0.2) is 23.6 Å².